The van der Waals surface area contributed by atoms with Gasteiger partial charge in [0.1, 0.15) is 0 Å². The molecule has 0 atom stereocenters. The number of hydrogen-bond acceptors (Lipinski definition) is 0. The van der Waals surface area contributed by atoms with Gasteiger partial charge in [0.15, 0.2) is 0 Å². The minimum Gasteiger partial charge on any atom is -0.0776 e. The molecule has 0 saturated carbocycles. The Morgan fingerprint density at radius 3 is 0.687 bits per heavy atom. The fourth-order valence-electron chi connectivity index (χ4n) is 7.54. The van der Waals surface area contributed by atoms with Crippen molar-refractivity contribution in [1.82, 2.24) is 0 Å². The maximum absolute atomic E-state index is 2.31. The van der Waals surface area contributed by atoms with Gasteiger partial charge in [-0.15, -0.1) is 0 Å². The second-order valence-electron chi connectivity index (χ2n) is 14.2. The van der Waals surface area contributed by atoms with Crippen molar-refractivity contribution in [3.05, 3.63) is 242 Å². The molecule has 0 heterocycles. The summed E-state index contributed by atoms with van der Waals surface area (Å²) in [7, 11) is 0. The molecule has 0 heteroatoms. The van der Waals surface area contributed by atoms with Crippen LogP contribution in [0, 0.1) is 13.8 Å². The summed E-state index contributed by atoms with van der Waals surface area (Å²) in [6, 6.07) is 82.8. The van der Waals surface area contributed by atoms with Crippen molar-refractivity contribution in [2.45, 2.75) is 94.5 Å². The van der Waals surface area contributed by atoms with Gasteiger partial charge in [-0.3, -0.25) is 0 Å². The highest BCUT2D eigenvalue weighted by molar-refractivity contribution is 6.02. The lowest BCUT2D eigenvalue weighted by Crippen LogP contribution is -1.95. The zero-order chi connectivity index (χ0) is 40.1. The van der Waals surface area contributed by atoms with Crippen molar-refractivity contribution in [2.75, 3.05) is 0 Å². The average Bonchev–Trinajstić information content (AvgIpc) is 3.31. The topological polar surface area (TPSA) is 0 Å². The molecular formula is C67H86. The lowest BCUT2D eigenvalue weighted by Gasteiger charge is -2.21. The van der Waals surface area contributed by atoms with E-state index in [2.05, 4.69) is 244 Å². The van der Waals surface area contributed by atoms with Crippen molar-refractivity contribution >= 4 is 0 Å². The van der Waals surface area contributed by atoms with Gasteiger partial charge in [-0.25, -0.2) is 0 Å². The number of rotatable bonds is 7. The zero-order valence-electron chi connectivity index (χ0n) is 33.9. The Morgan fingerprint density at radius 1 is 0.179 bits per heavy atom. The van der Waals surface area contributed by atoms with E-state index in [1.54, 1.807) is 0 Å². The first-order valence-electron chi connectivity index (χ1n) is 20.4. The molecule has 354 valence electrons. The van der Waals surface area contributed by atoms with Crippen LogP contribution in [0.25, 0.3) is 77.9 Å². The van der Waals surface area contributed by atoms with Gasteiger partial charge in [-0.1, -0.05) is 322 Å². The van der Waals surface area contributed by atoms with Gasteiger partial charge in [-0.05, 0) is 91.7 Å². The predicted molar refractivity (Wildman–Crippen MR) is 312 cm³/mol. The Kier molecular flexibility index (Phi) is 30.5. The molecule has 9 aromatic rings. The van der Waals surface area contributed by atoms with Crippen LogP contribution in [-0.2, 0) is 0 Å². The molecule has 0 unspecified atom stereocenters. The summed E-state index contributed by atoms with van der Waals surface area (Å²) in [5.41, 5.74) is 19.7. The second kappa shape index (κ2) is 31.8. The van der Waals surface area contributed by atoms with Gasteiger partial charge < -0.3 is 0 Å². The monoisotopic (exact) mass is 891 g/mol. The molecule has 0 N–H and O–H groups in total. The van der Waals surface area contributed by atoms with Crippen molar-refractivity contribution in [1.29, 1.82) is 0 Å². The molecule has 0 nitrogen and oxygen atoms in total. The van der Waals surface area contributed by atoms with Crippen LogP contribution in [0.3, 0.4) is 0 Å². The molecule has 0 aliphatic heterocycles. The summed E-state index contributed by atoms with van der Waals surface area (Å²) in [4.78, 5) is 0. The van der Waals surface area contributed by atoms with E-state index >= 15 is 0 Å². The van der Waals surface area contributed by atoms with E-state index in [1.807, 2.05) is 13.8 Å². The second-order valence-corrected chi connectivity index (χ2v) is 14.2. The van der Waals surface area contributed by atoms with Gasteiger partial charge >= 0.3 is 0 Å². The highest BCUT2D eigenvalue weighted by atomic mass is 14.2. The first-order chi connectivity index (χ1) is 28.6. The summed E-state index contributed by atoms with van der Waals surface area (Å²) < 4.78 is 0. The SMILES string of the molecule is C.C.C.C.C.C.C.C.C.CC.Cc1ccc(C)cc1.c1ccc(-c2cccc(-c3ccc(-c4c(-c5ccccc5)ccc(-c5ccccc5)c4-c4ccccc4)cc3)c2-c2ccccc2)cc1. The molecular weight excluding hydrogens is 805 g/mol. The van der Waals surface area contributed by atoms with E-state index < -0.39 is 0 Å². The Hall–Kier alpha value is -7.02. The van der Waals surface area contributed by atoms with E-state index in [0.29, 0.717) is 0 Å². The Bertz CT molecular complexity index is 2600. The molecule has 0 aliphatic rings. The fraction of sp³-hybridized carbons (Fsp3) is 0.194. The highest BCUT2D eigenvalue weighted by Gasteiger charge is 2.20. The van der Waals surface area contributed by atoms with Gasteiger partial charge in [0.25, 0.3) is 0 Å². The van der Waals surface area contributed by atoms with E-state index in [0.717, 1.165) is 0 Å². The summed E-state index contributed by atoms with van der Waals surface area (Å²) >= 11 is 0. The molecule has 0 aliphatic carbocycles. The molecule has 67 heavy (non-hydrogen) atoms. The number of benzene rings is 9. The third-order valence-corrected chi connectivity index (χ3v) is 10.4. The largest absolute Gasteiger partial charge is 0.0776 e. The summed E-state index contributed by atoms with van der Waals surface area (Å²) in [5.74, 6) is 0. The van der Waals surface area contributed by atoms with Crippen LogP contribution in [0.1, 0.15) is 91.8 Å². The van der Waals surface area contributed by atoms with Crippen LogP contribution < -0.4 is 0 Å². The van der Waals surface area contributed by atoms with Crippen LogP contribution in [0.5, 0.6) is 0 Å². The first kappa shape index (κ1) is 64.3. The lowest BCUT2D eigenvalue weighted by atomic mass is 9.82. The number of hydrogen-bond donors (Lipinski definition) is 0. The lowest BCUT2D eigenvalue weighted by molar-refractivity contribution is 1.40. The zero-order valence-corrected chi connectivity index (χ0v) is 33.9. The molecule has 0 bridgehead atoms. The maximum Gasteiger partial charge on any atom is -0.00206 e. The van der Waals surface area contributed by atoms with Gasteiger partial charge in [-0.2, -0.15) is 0 Å². The van der Waals surface area contributed by atoms with Crippen LogP contribution in [0.15, 0.2) is 231 Å². The molecule has 0 aromatic heterocycles. The van der Waals surface area contributed by atoms with Crippen LogP contribution in [-0.4, -0.2) is 0 Å². The molecule has 0 spiro atoms. The third-order valence-electron chi connectivity index (χ3n) is 10.4. The van der Waals surface area contributed by atoms with E-state index in [1.165, 1.54) is 89.0 Å². The maximum atomic E-state index is 2.31. The van der Waals surface area contributed by atoms with Crippen LogP contribution in [0.2, 0.25) is 0 Å². The number of aryl methyl sites for hydroxylation is 2. The molecule has 0 amide bonds. The van der Waals surface area contributed by atoms with Crippen molar-refractivity contribution in [3.8, 4) is 77.9 Å². The van der Waals surface area contributed by atoms with Gasteiger partial charge in [0.2, 0.25) is 0 Å². The molecule has 9 rings (SSSR count). The Labute approximate surface area is 412 Å². The van der Waals surface area contributed by atoms with Gasteiger partial charge in [0, 0.05) is 0 Å². The molecule has 0 fully saturated rings. The molecule has 9 aromatic carbocycles. The van der Waals surface area contributed by atoms with Crippen LogP contribution in [0.4, 0.5) is 0 Å². The molecule has 0 radical (unpaired) electrons. The van der Waals surface area contributed by atoms with E-state index in [9.17, 15) is 0 Å². The van der Waals surface area contributed by atoms with Crippen molar-refractivity contribution in [3.63, 3.8) is 0 Å². The normalized spacial score (nSPS) is 9.01. The minimum atomic E-state index is 0. The predicted octanol–water partition coefficient (Wildman–Crippen LogP) is 22.4. The standard InChI is InChI=1S/C48H34.C8H10.C2H6.9CH4/c1-6-17-35(18-7-1)42-27-16-28-43(46(42)39-23-12-4-13-24-39)38-29-31-41(32-30-38)48-45(37-21-10-3-11-22-37)34-33-44(36-19-8-2-9-20-36)47(48)40-25-14-5-15-26-40;1-7-3-5-8(2)6-4-7;1-2;;;;;;;;;/h1-34H;3-6H,1-2H3;1-2H3;9*1H4. The Balaban J connectivity index is -0.00000195. The van der Waals surface area contributed by atoms with Crippen molar-refractivity contribution < 1.29 is 0 Å². The third kappa shape index (κ3) is 15.3. The average molecular weight is 891 g/mol. The first-order valence-corrected chi connectivity index (χ1v) is 20.4. The van der Waals surface area contributed by atoms with Crippen LogP contribution >= 0.6 is 0 Å². The quantitative estimate of drug-likeness (QED) is 0.150. The summed E-state index contributed by atoms with van der Waals surface area (Å²) in [6.07, 6.45) is 0. The molecule has 0 saturated heterocycles. The van der Waals surface area contributed by atoms with E-state index in [4.69, 9.17) is 0 Å². The smallest absolute Gasteiger partial charge is 0.00206 e. The fourth-order valence-corrected chi connectivity index (χ4v) is 7.54. The Morgan fingerprint density at radius 2 is 0.388 bits per heavy atom. The summed E-state index contributed by atoms with van der Waals surface area (Å²) in [6.45, 7) is 8.19. The van der Waals surface area contributed by atoms with E-state index in [-0.39, 0.29) is 66.8 Å². The van der Waals surface area contributed by atoms with Crippen molar-refractivity contribution in [2.24, 2.45) is 0 Å². The summed E-state index contributed by atoms with van der Waals surface area (Å²) in [5, 5.41) is 0. The van der Waals surface area contributed by atoms with Gasteiger partial charge in [0.05, 0.1) is 0 Å². The highest BCUT2D eigenvalue weighted by Crippen LogP contribution is 2.46. The minimum absolute atomic E-state index is 0.